The standard InChI is InChI=1S/C12H14FN3O/c1-7-4-5-8(6-9(7)13)10-15-11(16-17-10)12(2,3)14/h4-6H,14H2,1-3H3. The summed E-state index contributed by atoms with van der Waals surface area (Å²) in [5.41, 5.74) is 6.30. The molecule has 17 heavy (non-hydrogen) atoms. The minimum absolute atomic E-state index is 0.275. The quantitative estimate of drug-likeness (QED) is 0.867. The van der Waals surface area contributed by atoms with Crippen molar-refractivity contribution in [2.45, 2.75) is 26.3 Å². The predicted octanol–water partition coefficient (Wildman–Crippen LogP) is 2.38. The molecule has 5 heteroatoms. The van der Waals surface area contributed by atoms with Crippen LogP contribution in [0.1, 0.15) is 25.2 Å². The maximum atomic E-state index is 13.4. The van der Waals surface area contributed by atoms with Crippen LogP contribution in [0.4, 0.5) is 4.39 Å². The number of aromatic nitrogens is 2. The van der Waals surface area contributed by atoms with Gasteiger partial charge in [0.1, 0.15) is 5.82 Å². The Morgan fingerprint density at radius 1 is 1.35 bits per heavy atom. The van der Waals surface area contributed by atoms with Crippen LogP contribution in [0, 0.1) is 12.7 Å². The van der Waals surface area contributed by atoms with Gasteiger partial charge in [-0.15, -0.1) is 0 Å². The Hall–Kier alpha value is -1.75. The molecular weight excluding hydrogens is 221 g/mol. The summed E-state index contributed by atoms with van der Waals surface area (Å²) in [6.07, 6.45) is 0. The second-order valence-electron chi connectivity index (χ2n) is 4.61. The van der Waals surface area contributed by atoms with Crippen molar-refractivity contribution in [1.82, 2.24) is 10.1 Å². The van der Waals surface area contributed by atoms with Gasteiger partial charge in [0, 0.05) is 5.56 Å². The number of halogens is 1. The Morgan fingerprint density at radius 2 is 2.06 bits per heavy atom. The molecule has 0 bridgehead atoms. The summed E-state index contributed by atoms with van der Waals surface area (Å²) < 4.78 is 18.5. The van der Waals surface area contributed by atoms with Gasteiger partial charge in [0.05, 0.1) is 5.54 Å². The zero-order chi connectivity index (χ0) is 12.6. The molecule has 0 aliphatic rings. The van der Waals surface area contributed by atoms with Crippen LogP contribution in [0.25, 0.3) is 11.5 Å². The molecule has 1 aromatic heterocycles. The molecule has 0 amide bonds. The number of nitrogens with two attached hydrogens (primary N) is 1. The molecule has 0 radical (unpaired) electrons. The summed E-state index contributed by atoms with van der Waals surface area (Å²) in [4.78, 5) is 4.15. The number of rotatable bonds is 2. The van der Waals surface area contributed by atoms with Crippen LogP contribution < -0.4 is 5.73 Å². The van der Waals surface area contributed by atoms with E-state index in [1.54, 1.807) is 32.9 Å². The lowest BCUT2D eigenvalue weighted by atomic mass is 10.1. The second-order valence-corrected chi connectivity index (χ2v) is 4.61. The Labute approximate surface area is 98.6 Å². The third-order valence-electron chi connectivity index (χ3n) is 2.42. The summed E-state index contributed by atoms with van der Waals surface area (Å²) in [5.74, 6) is 0.375. The lowest BCUT2D eigenvalue weighted by Crippen LogP contribution is -2.30. The first-order valence-corrected chi connectivity index (χ1v) is 5.27. The summed E-state index contributed by atoms with van der Waals surface area (Å²) in [5, 5.41) is 3.78. The van der Waals surface area contributed by atoms with Crippen LogP contribution in [0.2, 0.25) is 0 Å². The predicted molar refractivity (Wildman–Crippen MR) is 61.6 cm³/mol. The summed E-state index contributed by atoms with van der Waals surface area (Å²) >= 11 is 0. The van der Waals surface area contributed by atoms with Gasteiger partial charge in [-0.25, -0.2) is 4.39 Å². The number of benzene rings is 1. The molecule has 0 atom stereocenters. The Balaban J connectivity index is 2.40. The molecule has 0 saturated carbocycles. The van der Waals surface area contributed by atoms with Crippen molar-refractivity contribution in [3.63, 3.8) is 0 Å². The molecule has 0 aliphatic carbocycles. The van der Waals surface area contributed by atoms with Gasteiger partial charge in [0.2, 0.25) is 0 Å². The first-order chi connectivity index (χ1) is 7.88. The van der Waals surface area contributed by atoms with E-state index in [-0.39, 0.29) is 11.7 Å². The van der Waals surface area contributed by atoms with E-state index in [4.69, 9.17) is 10.3 Å². The number of nitrogens with zero attached hydrogens (tertiary/aromatic N) is 2. The molecule has 2 rings (SSSR count). The average molecular weight is 235 g/mol. The largest absolute Gasteiger partial charge is 0.334 e. The number of aryl methyl sites for hydroxylation is 1. The highest BCUT2D eigenvalue weighted by molar-refractivity contribution is 5.53. The maximum Gasteiger partial charge on any atom is 0.258 e. The molecule has 0 saturated heterocycles. The van der Waals surface area contributed by atoms with E-state index in [0.717, 1.165) is 0 Å². The first kappa shape index (κ1) is 11.7. The summed E-state index contributed by atoms with van der Waals surface area (Å²) in [6.45, 7) is 5.25. The van der Waals surface area contributed by atoms with E-state index < -0.39 is 5.54 Å². The summed E-state index contributed by atoms with van der Waals surface area (Å²) in [7, 11) is 0. The van der Waals surface area contributed by atoms with Crippen LogP contribution in [0.5, 0.6) is 0 Å². The van der Waals surface area contributed by atoms with E-state index in [2.05, 4.69) is 10.1 Å². The minimum atomic E-state index is -0.676. The SMILES string of the molecule is Cc1ccc(-c2nc(C(C)(C)N)no2)cc1F. The van der Waals surface area contributed by atoms with Gasteiger partial charge in [-0.05, 0) is 38.5 Å². The van der Waals surface area contributed by atoms with Crippen molar-refractivity contribution < 1.29 is 8.91 Å². The molecule has 0 fully saturated rings. The maximum absolute atomic E-state index is 13.4. The third kappa shape index (κ3) is 2.34. The van der Waals surface area contributed by atoms with Gasteiger partial charge in [-0.2, -0.15) is 4.98 Å². The first-order valence-electron chi connectivity index (χ1n) is 5.27. The van der Waals surface area contributed by atoms with Crippen molar-refractivity contribution in [2.75, 3.05) is 0 Å². The lowest BCUT2D eigenvalue weighted by molar-refractivity contribution is 0.397. The molecular formula is C12H14FN3O. The van der Waals surface area contributed by atoms with Crippen molar-refractivity contribution in [2.24, 2.45) is 5.73 Å². The van der Waals surface area contributed by atoms with Crippen LogP contribution >= 0.6 is 0 Å². The van der Waals surface area contributed by atoms with Gasteiger partial charge in [-0.3, -0.25) is 0 Å². The van der Waals surface area contributed by atoms with Gasteiger partial charge in [-0.1, -0.05) is 11.2 Å². The zero-order valence-electron chi connectivity index (χ0n) is 9.99. The molecule has 0 unspecified atom stereocenters. The monoisotopic (exact) mass is 235 g/mol. The Morgan fingerprint density at radius 3 is 2.59 bits per heavy atom. The minimum Gasteiger partial charge on any atom is -0.334 e. The molecule has 0 aliphatic heterocycles. The van der Waals surface area contributed by atoms with Gasteiger partial charge in [0.15, 0.2) is 5.82 Å². The third-order valence-corrected chi connectivity index (χ3v) is 2.42. The summed E-state index contributed by atoms with van der Waals surface area (Å²) in [6, 6.07) is 4.78. The fourth-order valence-electron chi connectivity index (χ4n) is 1.33. The second kappa shape index (κ2) is 3.92. The van der Waals surface area contributed by atoms with Gasteiger partial charge >= 0.3 is 0 Å². The molecule has 1 aromatic carbocycles. The topological polar surface area (TPSA) is 64.9 Å². The normalized spacial score (nSPS) is 11.8. The molecule has 0 spiro atoms. The average Bonchev–Trinajstić information content (AvgIpc) is 2.70. The molecule has 2 N–H and O–H groups in total. The van der Waals surface area contributed by atoms with Crippen LogP contribution in [-0.2, 0) is 5.54 Å². The van der Waals surface area contributed by atoms with Crippen molar-refractivity contribution in [1.29, 1.82) is 0 Å². The smallest absolute Gasteiger partial charge is 0.258 e. The fourth-order valence-corrected chi connectivity index (χ4v) is 1.33. The fraction of sp³-hybridized carbons (Fsp3) is 0.333. The number of hydrogen-bond acceptors (Lipinski definition) is 4. The Bertz CT molecular complexity index is 543. The van der Waals surface area contributed by atoms with Crippen LogP contribution in [0.3, 0.4) is 0 Å². The zero-order valence-corrected chi connectivity index (χ0v) is 9.99. The molecule has 90 valence electrons. The highest BCUT2D eigenvalue weighted by Crippen LogP contribution is 2.22. The van der Waals surface area contributed by atoms with E-state index in [9.17, 15) is 4.39 Å². The van der Waals surface area contributed by atoms with Crippen LogP contribution in [-0.4, -0.2) is 10.1 Å². The van der Waals surface area contributed by atoms with Crippen molar-refractivity contribution in [3.05, 3.63) is 35.4 Å². The number of hydrogen-bond donors (Lipinski definition) is 1. The van der Waals surface area contributed by atoms with E-state index in [0.29, 0.717) is 17.0 Å². The van der Waals surface area contributed by atoms with E-state index in [1.807, 2.05) is 0 Å². The highest BCUT2D eigenvalue weighted by atomic mass is 19.1. The van der Waals surface area contributed by atoms with E-state index >= 15 is 0 Å². The molecule has 4 nitrogen and oxygen atoms in total. The molecule has 2 aromatic rings. The van der Waals surface area contributed by atoms with Gasteiger partial charge in [0.25, 0.3) is 5.89 Å². The highest BCUT2D eigenvalue weighted by Gasteiger charge is 2.22. The lowest BCUT2D eigenvalue weighted by Gasteiger charge is -2.11. The van der Waals surface area contributed by atoms with Crippen molar-refractivity contribution in [3.8, 4) is 11.5 Å². The van der Waals surface area contributed by atoms with Crippen molar-refractivity contribution >= 4 is 0 Å². The Kier molecular flexibility index (Phi) is 2.71. The van der Waals surface area contributed by atoms with Crippen LogP contribution in [0.15, 0.2) is 22.7 Å². The molecule has 1 heterocycles. The van der Waals surface area contributed by atoms with Gasteiger partial charge < -0.3 is 10.3 Å². The van der Waals surface area contributed by atoms with E-state index in [1.165, 1.54) is 6.07 Å².